The Bertz CT molecular complexity index is 66.9. The minimum atomic E-state index is 0.541. The van der Waals surface area contributed by atoms with Crippen molar-refractivity contribution in [2.75, 3.05) is 6.61 Å². The highest BCUT2D eigenvalue weighted by Gasteiger charge is 2.21. The van der Waals surface area contributed by atoms with Crippen LogP contribution < -0.4 is 0 Å². The maximum atomic E-state index is 5.02. The first-order valence-electron chi connectivity index (χ1n) is 3.08. The Morgan fingerprint density at radius 1 is 1.88 bits per heavy atom. The van der Waals surface area contributed by atoms with Gasteiger partial charge in [0.2, 0.25) is 0 Å². The molecular formula is C6H12OS. The van der Waals surface area contributed by atoms with Gasteiger partial charge in [0.1, 0.15) is 0 Å². The first-order valence-corrected chi connectivity index (χ1v) is 3.60. The number of thiol groups is 1. The zero-order valence-corrected chi connectivity index (χ0v) is 6.03. The van der Waals surface area contributed by atoms with Gasteiger partial charge in [0.25, 0.3) is 0 Å². The lowest BCUT2D eigenvalue weighted by atomic mass is 10.2. The molecular weight excluding hydrogens is 120 g/mol. The molecule has 0 aliphatic carbocycles. The second-order valence-electron chi connectivity index (χ2n) is 2.38. The highest BCUT2D eigenvalue weighted by molar-refractivity contribution is 7.80. The van der Waals surface area contributed by atoms with Crippen molar-refractivity contribution in [2.45, 2.75) is 31.1 Å². The summed E-state index contributed by atoms with van der Waals surface area (Å²) in [5.41, 5.74) is 0. The minimum absolute atomic E-state index is 0.541. The number of hydrogen-bond donors (Lipinski definition) is 1. The third-order valence-electron chi connectivity index (χ3n) is 1.31. The Morgan fingerprint density at radius 3 is 2.88 bits per heavy atom. The third-order valence-corrected chi connectivity index (χ3v) is 1.57. The third kappa shape index (κ3) is 2.58. The zero-order chi connectivity index (χ0) is 5.98. The van der Waals surface area contributed by atoms with Crippen LogP contribution in [0.3, 0.4) is 0 Å². The van der Waals surface area contributed by atoms with E-state index in [9.17, 15) is 0 Å². The van der Waals surface area contributed by atoms with Crippen LogP contribution in [0, 0.1) is 0 Å². The van der Waals surface area contributed by atoms with Gasteiger partial charge in [-0.1, -0.05) is 6.92 Å². The summed E-state index contributed by atoms with van der Waals surface area (Å²) in [5, 5.41) is 0.541. The van der Waals surface area contributed by atoms with Crippen molar-refractivity contribution in [2.24, 2.45) is 0 Å². The molecule has 0 bridgehead atoms. The van der Waals surface area contributed by atoms with Crippen molar-refractivity contribution in [3.05, 3.63) is 0 Å². The number of ether oxygens (including phenoxy) is 1. The van der Waals surface area contributed by atoms with Gasteiger partial charge < -0.3 is 4.74 Å². The van der Waals surface area contributed by atoms with E-state index in [0.29, 0.717) is 11.4 Å². The van der Waals surface area contributed by atoms with Crippen LogP contribution in [0.2, 0.25) is 0 Å². The normalized spacial score (nSPS) is 30.0. The molecule has 8 heavy (non-hydrogen) atoms. The lowest BCUT2D eigenvalue weighted by Crippen LogP contribution is -1.93. The molecule has 0 aromatic rings. The second kappa shape index (κ2) is 2.74. The number of hydrogen-bond acceptors (Lipinski definition) is 2. The van der Waals surface area contributed by atoms with Crippen molar-refractivity contribution < 1.29 is 4.74 Å². The summed E-state index contributed by atoms with van der Waals surface area (Å²) in [7, 11) is 0. The predicted molar refractivity (Wildman–Crippen MR) is 37.4 cm³/mol. The van der Waals surface area contributed by atoms with E-state index >= 15 is 0 Å². The van der Waals surface area contributed by atoms with E-state index in [-0.39, 0.29) is 0 Å². The van der Waals surface area contributed by atoms with Crippen molar-refractivity contribution in [1.82, 2.24) is 0 Å². The summed E-state index contributed by atoms with van der Waals surface area (Å²) < 4.78 is 5.02. The van der Waals surface area contributed by atoms with Crippen LogP contribution in [-0.4, -0.2) is 18.0 Å². The Kier molecular flexibility index (Phi) is 2.20. The van der Waals surface area contributed by atoms with Crippen molar-refractivity contribution in [1.29, 1.82) is 0 Å². The Balaban J connectivity index is 1.87. The van der Waals surface area contributed by atoms with Gasteiger partial charge in [-0.25, -0.2) is 0 Å². The maximum Gasteiger partial charge on any atom is 0.0810 e. The van der Waals surface area contributed by atoms with Gasteiger partial charge in [0.15, 0.2) is 0 Å². The maximum absolute atomic E-state index is 5.02. The summed E-state index contributed by atoms with van der Waals surface area (Å²) in [5.74, 6) is 0. The topological polar surface area (TPSA) is 12.5 Å². The van der Waals surface area contributed by atoms with Gasteiger partial charge in [-0.05, 0) is 18.1 Å². The summed E-state index contributed by atoms with van der Waals surface area (Å²) >= 11 is 4.24. The molecule has 0 N–H and O–H groups in total. The van der Waals surface area contributed by atoms with Crippen LogP contribution >= 0.6 is 12.6 Å². The molecule has 48 valence electrons. The molecule has 1 saturated heterocycles. The second-order valence-corrected chi connectivity index (χ2v) is 3.26. The molecule has 1 heterocycles. The molecule has 0 saturated carbocycles. The van der Waals surface area contributed by atoms with Crippen LogP contribution in [0.1, 0.15) is 19.8 Å². The molecule has 2 unspecified atom stereocenters. The number of rotatable bonds is 3. The molecule has 1 aliphatic heterocycles. The SMILES string of the molecule is CC(S)CCC1CO1. The predicted octanol–water partition coefficient (Wildman–Crippen LogP) is 1.48. The average Bonchev–Trinajstić information content (AvgIpc) is 2.41. The Hall–Kier alpha value is 0.310. The van der Waals surface area contributed by atoms with Gasteiger partial charge in [-0.2, -0.15) is 12.6 Å². The lowest BCUT2D eigenvalue weighted by Gasteiger charge is -1.98. The van der Waals surface area contributed by atoms with Crippen LogP contribution in [-0.2, 0) is 4.74 Å². The quantitative estimate of drug-likeness (QED) is 0.453. The first-order chi connectivity index (χ1) is 3.79. The molecule has 2 heteroatoms. The van der Waals surface area contributed by atoms with Crippen LogP contribution in [0.15, 0.2) is 0 Å². The van der Waals surface area contributed by atoms with Crippen LogP contribution in [0.4, 0.5) is 0 Å². The van der Waals surface area contributed by atoms with E-state index < -0.39 is 0 Å². The van der Waals surface area contributed by atoms with Gasteiger partial charge in [-0.3, -0.25) is 0 Å². The van der Waals surface area contributed by atoms with Crippen molar-refractivity contribution in [3.63, 3.8) is 0 Å². The fraction of sp³-hybridized carbons (Fsp3) is 1.00. The fourth-order valence-corrected chi connectivity index (χ4v) is 0.811. The van der Waals surface area contributed by atoms with Crippen LogP contribution in [0.25, 0.3) is 0 Å². The van der Waals surface area contributed by atoms with E-state index in [1.807, 2.05) is 0 Å². The molecule has 2 atom stereocenters. The number of epoxide rings is 1. The van der Waals surface area contributed by atoms with Gasteiger partial charge >= 0.3 is 0 Å². The van der Waals surface area contributed by atoms with Crippen molar-refractivity contribution >= 4 is 12.6 Å². The lowest BCUT2D eigenvalue weighted by molar-refractivity contribution is 0.392. The highest BCUT2D eigenvalue weighted by atomic mass is 32.1. The zero-order valence-electron chi connectivity index (χ0n) is 5.13. The Morgan fingerprint density at radius 2 is 2.50 bits per heavy atom. The van der Waals surface area contributed by atoms with E-state index in [4.69, 9.17) is 4.74 Å². The molecule has 1 aliphatic rings. The van der Waals surface area contributed by atoms with E-state index in [1.54, 1.807) is 0 Å². The molecule has 1 fully saturated rings. The summed E-state index contributed by atoms with van der Waals surface area (Å²) in [6.45, 7) is 3.10. The van der Waals surface area contributed by atoms with E-state index in [1.165, 1.54) is 12.8 Å². The summed E-state index contributed by atoms with van der Waals surface area (Å²) in [4.78, 5) is 0. The van der Waals surface area contributed by atoms with E-state index in [0.717, 1.165) is 6.61 Å². The minimum Gasteiger partial charge on any atom is -0.373 e. The van der Waals surface area contributed by atoms with Crippen molar-refractivity contribution in [3.8, 4) is 0 Å². The Labute approximate surface area is 55.8 Å². The highest BCUT2D eigenvalue weighted by Crippen LogP contribution is 2.17. The summed E-state index contributed by atoms with van der Waals surface area (Å²) in [6, 6.07) is 0. The standard InChI is InChI=1S/C6H12OS/c1-5(8)2-3-6-4-7-6/h5-6,8H,2-4H2,1H3. The monoisotopic (exact) mass is 132 g/mol. The molecule has 0 amide bonds. The van der Waals surface area contributed by atoms with Gasteiger partial charge in [-0.15, -0.1) is 0 Å². The largest absolute Gasteiger partial charge is 0.373 e. The summed E-state index contributed by atoms with van der Waals surface area (Å²) in [6.07, 6.45) is 2.97. The molecule has 0 spiro atoms. The van der Waals surface area contributed by atoms with E-state index in [2.05, 4.69) is 19.6 Å². The molecule has 0 radical (unpaired) electrons. The smallest absolute Gasteiger partial charge is 0.0810 e. The molecule has 1 rings (SSSR count). The van der Waals surface area contributed by atoms with Crippen LogP contribution in [0.5, 0.6) is 0 Å². The fourth-order valence-electron chi connectivity index (χ4n) is 0.662. The molecule has 0 aromatic heterocycles. The molecule has 0 aromatic carbocycles. The van der Waals surface area contributed by atoms with Gasteiger partial charge in [0.05, 0.1) is 12.7 Å². The first kappa shape index (κ1) is 6.43. The van der Waals surface area contributed by atoms with Gasteiger partial charge in [0, 0.05) is 0 Å². The molecule has 1 nitrogen and oxygen atoms in total. The average molecular weight is 132 g/mol.